The first-order chi connectivity index (χ1) is 7.44. The van der Waals surface area contributed by atoms with Crippen LogP contribution in [-0.2, 0) is 0 Å². The molecule has 1 rings (SSSR count). The number of hydrogen-bond acceptors (Lipinski definition) is 1. The fourth-order valence-electron chi connectivity index (χ4n) is 2.29. The monoisotopic (exact) mass is 237 g/mol. The van der Waals surface area contributed by atoms with E-state index < -0.39 is 12.6 Å². The highest BCUT2D eigenvalue weighted by Gasteiger charge is 2.33. The Hall–Kier alpha value is -0.250. The highest BCUT2D eigenvalue weighted by Crippen LogP contribution is 2.39. The van der Waals surface area contributed by atoms with Gasteiger partial charge in [-0.1, -0.05) is 13.8 Å². The second kappa shape index (κ2) is 5.89. The SMILES string of the molecule is CCNC(CCCC(F)(F)F)C(C)C1CC1. The molecule has 4 heteroatoms. The molecule has 0 aromatic rings. The third-order valence-electron chi connectivity index (χ3n) is 3.44. The zero-order valence-corrected chi connectivity index (χ0v) is 10.1. The van der Waals surface area contributed by atoms with E-state index in [0.717, 1.165) is 12.5 Å². The van der Waals surface area contributed by atoms with Crippen LogP contribution in [0.2, 0.25) is 0 Å². The van der Waals surface area contributed by atoms with E-state index in [2.05, 4.69) is 12.2 Å². The second-order valence-corrected chi connectivity index (χ2v) is 4.87. The third kappa shape index (κ3) is 5.19. The number of alkyl halides is 3. The van der Waals surface area contributed by atoms with Crippen molar-refractivity contribution in [2.75, 3.05) is 6.54 Å². The summed E-state index contributed by atoms with van der Waals surface area (Å²) in [5.41, 5.74) is 0. The average Bonchev–Trinajstić information content (AvgIpc) is 2.96. The quantitative estimate of drug-likeness (QED) is 0.711. The molecule has 0 saturated heterocycles. The predicted molar refractivity (Wildman–Crippen MR) is 59.3 cm³/mol. The van der Waals surface area contributed by atoms with Crippen LogP contribution in [-0.4, -0.2) is 18.8 Å². The molecule has 16 heavy (non-hydrogen) atoms. The van der Waals surface area contributed by atoms with Crippen LogP contribution in [0, 0.1) is 11.8 Å². The van der Waals surface area contributed by atoms with Crippen molar-refractivity contribution < 1.29 is 13.2 Å². The van der Waals surface area contributed by atoms with E-state index in [4.69, 9.17) is 0 Å². The molecule has 2 atom stereocenters. The number of rotatable bonds is 7. The van der Waals surface area contributed by atoms with Gasteiger partial charge in [-0.2, -0.15) is 13.2 Å². The number of nitrogens with one attached hydrogen (secondary N) is 1. The van der Waals surface area contributed by atoms with Crippen molar-refractivity contribution in [1.82, 2.24) is 5.32 Å². The Morgan fingerprint density at radius 2 is 1.94 bits per heavy atom. The summed E-state index contributed by atoms with van der Waals surface area (Å²) in [5, 5.41) is 3.32. The van der Waals surface area contributed by atoms with Crippen molar-refractivity contribution in [2.24, 2.45) is 11.8 Å². The molecule has 0 aromatic heterocycles. The van der Waals surface area contributed by atoms with Gasteiger partial charge in [-0.3, -0.25) is 0 Å². The summed E-state index contributed by atoms with van der Waals surface area (Å²) in [5.74, 6) is 1.27. The maximum atomic E-state index is 12.0. The van der Waals surface area contributed by atoms with E-state index >= 15 is 0 Å². The predicted octanol–water partition coefficient (Wildman–Crippen LogP) is 3.74. The van der Waals surface area contributed by atoms with E-state index in [1.165, 1.54) is 12.8 Å². The first kappa shape index (κ1) is 13.8. The lowest BCUT2D eigenvalue weighted by Crippen LogP contribution is -2.36. The third-order valence-corrected chi connectivity index (χ3v) is 3.44. The topological polar surface area (TPSA) is 12.0 Å². The van der Waals surface area contributed by atoms with Gasteiger partial charge in [0.1, 0.15) is 0 Å². The number of halogens is 3. The van der Waals surface area contributed by atoms with Crippen molar-refractivity contribution in [2.45, 2.75) is 58.2 Å². The molecule has 96 valence electrons. The highest BCUT2D eigenvalue weighted by molar-refractivity contribution is 4.86. The Morgan fingerprint density at radius 1 is 1.31 bits per heavy atom. The van der Waals surface area contributed by atoms with Gasteiger partial charge in [0, 0.05) is 12.5 Å². The fourth-order valence-corrected chi connectivity index (χ4v) is 2.29. The molecule has 1 aliphatic rings. The summed E-state index contributed by atoms with van der Waals surface area (Å²) in [6.45, 7) is 5.02. The molecule has 1 N–H and O–H groups in total. The van der Waals surface area contributed by atoms with Gasteiger partial charge in [-0.15, -0.1) is 0 Å². The van der Waals surface area contributed by atoms with Crippen molar-refractivity contribution in [3.8, 4) is 0 Å². The van der Waals surface area contributed by atoms with Crippen LogP contribution < -0.4 is 5.32 Å². The number of hydrogen-bond donors (Lipinski definition) is 1. The van der Waals surface area contributed by atoms with Gasteiger partial charge in [-0.05, 0) is 44.1 Å². The van der Waals surface area contributed by atoms with Gasteiger partial charge in [0.25, 0.3) is 0 Å². The van der Waals surface area contributed by atoms with Crippen LogP contribution in [0.4, 0.5) is 13.2 Å². The van der Waals surface area contributed by atoms with Crippen molar-refractivity contribution in [3.05, 3.63) is 0 Å². The molecule has 1 saturated carbocycles. The van der Waals surface area contributed by atoms with E-state index in [1.54, 1.807) is 0 Å². The molecule has 1 nitrogen and oxygen atoms in total. The van der Waals surface area contributed by atoms with Crippen LogP contribution in [0.25, 0.3) is 0 Å². The van der Waals surface area contributed by atoms with Crippen molar-refractivity contribution in [3.63, 3.8) is 0 Å². The first-order valence-corrected chi connectivity index (χ1v) is 6.24. The van der Waals surface area contributed by atoms with E-state index in [-0.39, 0.29) is 12.5 Å². The summed E-state index contributed by atoms with van der Waals surface area (Å²) in [6.07, 6.45) is -1.25. The lowest BCUT2D eigenvalue weighted by molar-refractivity contribution is -0.136. The molecular weight excluding hydrogens is 215 g/mol. The van der Waals surface area contributed by atoms with Gasteiger partial charge in [0.05, 0.1) is 0 Å². The lowest BCUT2D eigenvalue weighted by atomic mass is 9.92. The molecule has 1 aliphatic carbocycles. The minimum Gasteiger partial charge on any atom is -0.314 e. The van der Waals surface area contributed by atoms with Gasteiger partial charge >= 0.3 is 6.18 Å². The Balaban J connectivity index is 2.27. The van der Waals surface area contributed by atoms with Gasteiger partial charge in [0.2, 0.25) is 0 Å². The van der Waals surface area contributed by atoms with E-state index in [0.29, 0.717) is 12.3 Å². The molecule has 0 amide bonds. The Morgan fingerprint density at radius 3 is 2.38 bits per heavy atom. The van der Waals surface area contributed by atoms with Crippen LogP contribution >= 0.6 is 0 Å². The largest absolute Gasteiger partial charge is 0.389 e. The molecule has 1 fully saturated rings. The van der Waals surface area contributed by atoms with Gasteiger partial charge in [-0.25, -0.2) is 0 Å². The molecule has 0 aliphatic heterocycles. The standard InChI is InChI=1S/C12H22F3N/c1-3-16-11(9(2)10-6-7-10)5-4-8-12(13,14)15/h9-11,16H,3-8H2,1-2H3. The highest BCUT2D eigenvalue weighted by atomic mass is 19.4. The van der Waals surface area contributed by atoms with Crippen LogP contribution in [0.5, 0.6) is 0 Å². The lowest BCUT2D eigenvalue weighted by Gasteiger charge is -2.25. The molecule has 0 spiro atoms. The molecular formula is C12H22F3N. The molecule has 0 heterocycles. The average molecular weight is 237 g/mol. The Kier molecular flexibility index (Phi) is 5.09. The van der Waals surface area contributed by atoms with E-state index in [9.17, 15) is 13.2 Å². The second-order valence-electron chi connectivity index (χ2n) is 4.87. The maximum Gasteiger partial charge on any atom is 0.389 e. The maximum absolute atomic E-state index is 12.0. The minimum absolute atomic E-state index is 0.248. The van der Waals surface area contributed by atoms with Gasteiger partial charge < -0.3 is 5.32 Å². The normalized spacial score (nSPS) is 20.8. The molecule has 0 aromatic carbocycles. The van der Waals surface area contributed by atoms with Crippen molar-refractivity contribution >= 4 is 0 Å². The van der Waals surface area contributed by atoms with Crippen LogP contribution in [0.15, 0.2) is 0 Å². The summed E-state index contributed by atoms with van der Waals surface area (Å²) in [6, 6.07) is 0.264. The van der Waals surface area contributed by atoms with Crippen LogP contribution in [0.3, 0.4) is 0 Å². The molecule has 0 radical (unpaired) electrons. The summed E-state index contributed by atoms with van der Waals surface area (Å²) < 4.78 is 36.1. The smallest absolute Gasteiger partial charge is 0.314 e. The Labute approximate surface area is 95.8 Å². The zero-order valence-electron chi connectivity index (χ0n) is 10.1. The zero-order chi connectivity index (χ0) is 12.2. The summed E-state index contributed by atoms with van der Waals surface area (Å²) in [7, 11) is 0. The minimum atomic E-state index is -4.00. The summed E-state index contributed by atoms with van der Waals surface area (Å²) in [4.78, 5) is 0. The fraction of sp³-hybridized carbons (Fsp3) is 1.00. The van der Waals surface area contributed by atoms with E-state index in [1.807, 2.05) is 6.92 Å². The molecule has 0 bridgehead atoms. The Bertz CT molecular complexity index is 199. The van der Waals surface area contributed by atoms with Crippen LogP contribution in [0.1, 0.15) is 46.0 Å². The van der Waals surface area contributed by atoms with Gasteiger partial charge in [0.15, 0.2) is 0 Å². The van der Waals surface area contributed by atoms with Crippen molar-refractivity contribution in [1.29, 1.82) is 0 Å². The first-order valence-electron chi connectivity index (χ1n) is 6.24. The molecule has 2 unspecified atom stereocenters. The summed E-state index contributed by atoms with van der Waals surface area (Å²) >= 11 is 0.